The molecule has 0 bridgehead atoms. The Morgan fingerprint density at radius 3 is 2.27 bits per heavy atom. The molecule has 0 saturated carbocycles. The molecule has 1 aromatic heterocycles. The Bertz CT molecular complexity index is 1040. The minimum atomic E-state index is -0.841. The third-order valence-electron chi connectivity index (χ3n) is 4.70. The summed E-state index contributed by atoms with van der Waals surface area (Å²) in [5, 5.41) is 2.99. The van der Waals surface area contributed by atoms with E-state index in [-0.39, 0.29) is 11.5 Å². The zero-order chi connectivity index (χ0) is 21.8. The molecule has 1 atom stereocenters. The van der Waals surface area contributed by atoms with Gasteiger partial charge in [-0.15, -0.1) is 0 Å². The molecule has 3 aromatic rings. The summed E-state index contributed by atoms with van der Waals surface area (Å²) in [5.74, 6) is 1.54. The van der Waals surface area contributed by atoms with Crippen LogP contribution in [0.3, 0.4) is 0 Å². The molecular weight excluding hydrogens is 452 g/mol. The quantitative estimate of drug-likeness (QED) is 0.353. The second-order valence-electron chi connectivity index (χ2n) is 6.44. The molecule has 7 nitrogen and oxygen atoms in total. The summed E-state index contributed by atoms with van der Waals surface area (Å²) in [7, 11) is 6.38. The Balaban J connectivity index is 1.93. The summed E-state index contributed by atoms with van der Waals surface area (Å²) in [4.78, 5) is 13.1. The van der Waals surface area contributed by atoms with Crippen molar-refractivity contribution in [2.24, 2.45) is 0 Å². The molecule has 0 aliphatic rings. The topological polar surface area (TPSA) is 96.0 Å². The number of hydrogen-bond donors (Lipinski definition) is 2. The van der Waals surface area contributed by atoms with Crippen molar-refractivity contribution in [1.29, 1.82) is 0 Å². The van der Waals surface area contributed by atoms with Gasteiger partial charge in [-0.25, -0.2) is 0 Å². The van der Waals surface area contributed by atoms with E-state index < -0.39 is 6.10 Å². The monoisotopic (exact) mass is 474 g/mol. The number of halogens is 1. The number of carbonyl (C=O) groups excluding carboxylic acids is 1. The number of hydrogen-bond acceptors (Lipinski definition) is 7. The first kappa shape index (κ1) is 21.7. The lowest BCUT2D eigenvalue weighted by Crippen LogP contribution is -2.14. The van der Waals surface area contributed by atoms with Crippen molar-refractivity contribution in [3.8, 4) is 22.8 Å². The summed E-state index contributed by atoms with van der Waals surface area (Å²) in [6.45, 7) is 0. The first-order chi connectivity index (χ1) is 14.4. The Hall–Kier alpha value is -2.97. The molecule has 0 fully saturated rings. The van der Waals surface area contributed by atoms with Gasteiger partial charge in [-0.1, -0.05) is 6.07 Å². The average molecular weight is 475 g/mol. The molecule has 3 rings (SSSR count). The molecule has 1 unspecified atom stereocenters. The molecular formula is C22H23BrN2O5. The fourth-order valence-electron chi connectivity index (χ4n) is 3.13. The van der Waals surface area contributed by atoms with Gasteiger partial charge < -0.3 is 29.7 Å². The summed E-state index contributed by atoms with van der Waals surface area (Å²) < 4.78 is 22.7. The van der Waals surface area contributed by atoms with Crippen molar-refractivity contribution >= 4 is 33.1 Å². The van der Waals surface area contributed by atoms with Crippen LogP contribution in [0.5, 0.6) is 11.5 Å². The van der Waals surface area contributed by atoms with E-state index in [2.05, 4.69) is 21.2 Å². The zero-order valence-electron chi connectivity index (χ0n) is 17.1. The number of methoxy groups -OCH3 is 3. The van der Waals surface area contributed by atoms with Gasteiger partial charge in [0.15, 0.2) is 5.76 Å². The summed E-state index contributed by atoms with van der Waals surface area (Å²) >= 11 is 3.44. The lowest BCUT2D eigenvalue weighted by Gasteiger charge is -2.15. The second-order valence-corrected chi connectivity index (χ2v) is 7.23. The maximum atomic E-state index is 13.1. The minimum absolute atomic E-state index is 0.175. The molecule has 8 heteroatoms. The van der Waals surface area contributed by atoms with Crippen LogP contribution in [0.4, 0.5) is 11.4 Å². The normalized spacial score (nSPS) is 11.8. The maximum Gasteiger partial charge on any atom is 0.231 e. The number of furan rings is 1. The Kier molecular flexibility index (Phi) is 6.69. The highest BCUT2D eigenvalue weighted by Gasteiger charge is 2.26. The number of rotatable bonds is 8. The van der Waals surface area contributed by atoms with E-state index in [1.807, 2.05) is 0 Å². The molecule has 1 heterocycles. The minimum Gasteiger partial charge on any atom is -0.495 e. The molecule has 2 aromatic carbocycles. The lowest BCUT2D eigenvalue weighted by atomic mass is 10.0. The van der Waals surface area contributed by atoms with Crippen LogP contribution >= 0.6 is 15.9 Å². The standard InChI is InChI=1S/C22H23BrN2O5/c1-25-15-6-5-12(9-14(15)24)22(29-4)21(26)17-8-7-16(30-17)13-10-18(27-2)20(23)19(11-13)28-3/h5-11,22,25H,24H2,1-4H3. The molecule has 3 N–H and O–H groups in total. The highest BCUT2D eigenvalue weighted by Crippen LogP contribution is 2.39. The van der Waals surface area contributed by atoms with E-state index in [9.17, 15) is 4.79 Å². The molecule has 0 amide bonds. The SMILES string of the molecule is CNc1ccc(C(OC)C(=O)c2ccc(-c3cc(OC)c(Br)c(OC)c3)o2)cc1N. The van der Waals surface area contributed by atoms with E-state index in [4.69, 9.17) is 24.4 Å². The van der Waals surface area contributed by atoms with Gasteiger partial charge in [0.05, 0.1) is 25.6 Å². The number of ketones is 1. The van der Waals surface area contributed by atoms with Gasteiger partial charge in [-0.3, -0.25) is 4.79 Å². The van der Waals surface area contributed by atoms with Crippen LogP contribution in [-0.4, -0.2) is 34.2 Å². The van der Waals surface area contributed by atoms with Crippen molar-refractivity contribution in [3.63, 3.8) is 0 Å². The van der Waals surface area contributed by atoms with E-state index >= 15 is 0 Å². The number of carbonyl (C=O) groups is 1. The van der Waals surface area contributed by atoms with Crippen LogP contribution in [0.1, 0.15) is 22.2 Å². The number of nitrogen functional groups attached to an aromatic ring is 1. The van der Waals surface area contributed by atoms with Crippen molar-refractivity contribution in [1.82, 2.24) is 0 Å². The summed E-state index contributed by atoms with van der Waals surface area (Å²) in [6, 6.07) is 12.2. The van der Waals surface area contributed by atoms with Gasteiger partial charge >= 0.3 is 0 Å². The highest BCUT2D eigenvalue weighted by molar-refractivity contribution is 9.10. The van der Waals surface area contributed by atoms with E-state index in [1.54, 1.807) is 63.7 Å². The van der Waals surface area contributed by atoms with Crippen molar-refractivity contribution in [3.05, 3.63) is 58.3 Å². The molecule has 0 saturated heterocycles. The van der Waals surface area contributed by atoms with E-state index in [0.29, 0.717) is 38.5 Å². The number of nitrogens with two attached hydrogens (primary N) is 1. The smallest absolute Gasteiger partial charge is 0.231 e. The average Bonchev–Trinajstić information content (AvgIpc) is 3.25. The van der Waals surface area contributed by atoms with Gasteiger partial charge in [0.25, 0.3) is 0 Å². The van der Waals surface area contributed by atoms with Crippen LogP contribution in [0.2, 0.25) is 0 Å². The third kappa shape index (κ3) is 4.15. The zero-order valence-corrected chi connectivity index (χ0v) is 18.7. The van der Waals surface area contributed by atoms with Crippen LogP contribution in [0, 0.1) is 0 Å². The molecule has 30 heavy (non-hydrogen) atoms. The van der Waals surface area contributed by atoms with Crippen molar-refractivity contribution in [2.45, 2.75) is 6.10 Å². The second kappa shape index (κ2) is 9.23. The van der Waals surface area contributed by atoms with Crippen LogP contribution in [0.15, 0.2) is 51.4 Å². The number of anilines is 2. The molecule has 0 aliphatic heterocycles. The van der Waals surface area contributed by atoms with Crippen molar-refractivity contribution in [2.75, 3.05) is 39.4 Å². The van der Waals surface area contributed by atoms with E-state index in [0.717, 1.165) is 5.69 Å². The Morgan fingerprint density at radius 1 is 1.07 bits per heavy atom. The predicted octanol–water partition coefficient (Wildman–Crippen LogP) is 4.92. The molecule has 0 radical (unpaired) electrons. The van der Waals surface area contributed by atoms with Gasteiger partial charge in [0.2, 0.25) is 5.78 Å². The fourth-order valence-corrected chi connectivity index (χ4v) is 3.69. The Labute approximate surface area is 183 Å². The number of ether oxygens (including phenoxy) is 3. The van der Waals surface area contributed by atoms with Gasteiger partial charge in [-0.2, -0.15) is 0 Å². The first-order valence-electron chi connectivity index (χ1n) is 9.09. The maximum absolute atomic E-state index is 13.1. The van der Waals surface area contributed by atoms with Gasteiger partial charge in [-0.05, 0) is 57.9 Å². The summed E-state index contributed by atoms with van der Waals surface area (Å²) in [5.41, 5.74) is 8.69. The lowest BCUT2D eigenvalue weighted by molar-refractivity contribution is 0.0577. The number of Topliss-reactive ketones (excluding diaryl/α,β-unsaturated/α-hetero) is 1. The number of nitrogens with one attached hydrogen (secondary N) is 1. The van der Waals surface area contributed by atoms with Gasteiger partial charge in [0.1, 0.15) is 27.8 Å². The van der Waals surface area contributed by atoms with Crippen LogP contribution < -0.4 is 20.5 Å². The fraction of sp³-hybridized carbons (Fsp3) is 0.227. The van der Waals surface area contributed by atoms with Crippen LogP contribution in [0.25, 0.3) is 11.3 Å². The van der Waals surface area contributed by atoms with E-state index in [1.165, 1.54) is 7.11 Å². The first-order valence-corrected chi connectivity index (χ1v) is 9.88. The summed E-state index contributed by atoms with van der Waals surface area (Å²) in [6.07, 6.45) is -0.841. The van der Waals surface area contributed by atoms with Crippen molar-refractivity contribution < 1.29 is 23.4 Å². The molecule has 0 spiro atoms. The van der Waals surface area contributed by atoms with Crippen LogP contribution in [-0.2, 0) is 4.74 Å². The Morgan fingerprint density at radius 2 is 1.73 bits per heavy atom. The molecule has 0 aliphatic carbocycles. The highest BCUT2D eigenvalue weighted by atomic mass is 79.9. The largest absolute Gasteiger partial charge is 0.495 e. The van der Waals surface area contributed by atoms with Gasteiger partial charge in [0, 0.05) is 19.7 Å². The molecule has 158 valence electrons. The predicted molar refractivity (Wildman–Crippen MR) is 119 cm³/mol. The third-order valence-corrected chi connectivity index (χ3v) is 5.48. The number of benzene rings is 2.